The Morgan fingerprint density at radius 2 is 1.80 bits per heavy atom. The Labute approximate surface area is 90.6 Å². The number of anilines is 1. The highest BCUT2D eigenvalue weighted by atomic mass is 32.2. The van der Waals surface area contributed by atoms with Gasteiger partial charge in [0.25, 0.3) is 0 Å². The van der Waals surface area contributed by atoms with Crippen LogP contribution in [-0.2, 0) is 9.84 Å². The second-order valence-corrected chi connectivity index (χ2v) is 5.41. The quantitative estimate of drug-likeness (QED) is 0.740. The van der Waals surface area contributed by atoms with Crippen molar-refractivity contribution in [3.63, 3.8) is 0 Å². The average Bonchev–Trinajstić information content (AvgIpc) is 2.27. The number of hydrogen-bond donors (Lipinski definition) is 2. The molecule has 0 amide bonds. The van der Waals surface area contributed by atoms with Crippen LogP contribution < -0.4 is 10.6 Å². The summed E-state index contributed by atoms with van der Waals surface area (Å²) in [5.74, 6) is 0.135. The topological polar surface area (TPSA) is 58.2 Å². The first-order valence-electron chi connectivity index (χ1n) is 4.81. The Bertz CT molecular complexity index is 398. The lowest BCUT2D eigenvalue weighted by Gasteiger charge is -2.06. The van der Waals surface area contributed by atoms with Crippen molar-refractivity contribution >= 4 is 15.5 Å². The number of rotatable bonds is 5. The molecular formula is C10H16N2O2S. The fourth-order valence-electron chi connectivity index (χ4n) is 1.14. The lowest BCUT2D eigenvalue weighted by Crippen LogP contribution is -2.16. The van der Waals surface area contributed by atoms with Gasteiger partial charge in [-0.05, 0) is 31.3 Å². The van der Waals surface area contributed by atoms with Gasteiger partial charge < -0.3 is 10.6 Å². The van der Waals surface area contributed by atoms with Crippen molar-refractivity contribution in [2.45, 2.75) is 11.8 Å². The Morgan fingerprint density at radius 3 is 2.27 bits per heavy atom. The molecule has 1 aromatic rings. The Hall–Kier alpha value is -1.07. The largest absolute Gasteiger partial charge is 0.372 e. The van der Waals surface area contributed by atoms with Gasteiger partial charge in [0.1, 0.15) is 0 Å². The summed E-state index contributed by atoms with van der Waals surface area (Å²) in [6.07, 6.45) is 0. The molecule has 84 valence electrons. The fourth-order valence-corrected chi connectivity index (χ4v) is 2.02. The first kappa shape index (κ1) is 12.0. The third kappa shape index (κ3) is 3.21. The molecule has 0 radical (unpaired) electrons. The molecule has 0 aliphatic rings. The van der Waals surface area contributed by atoms with E-state index in [4.69, 9.17) is 0 Å². The van der Waals surface area contributed by atoms with Crippen LogP contribution >= 0.6 is 0 Å². The van der Waals surface area contributed by atoms with Gasteiger partial charge in [0, 0.05) is 5.69 Å². The molecule has 0 aliphatic carbocycles. The predicted octanol–water partition coefficient (Wildman–Crippen LogP) is 1.07. The van der Waals surface area contributed by atoms with Crippen LogP contribution in [0.5, 0.6) is 0 Å². The van der Waals surface area contributed by atoms with Crippen LogP contribution in [0, 0.1) is 0 Å². The molecule has 0 atom stereocenters. The average molecular weight is 228 g/mol. The Morgan fingerprint density at radius 1 is 1.20 bits per heavy atom. The lowest BCUT2D eigenvalue weighted by molar-refractivity contribution is 0.597. The molecule has 0 heterocycles. The second-order valence-electron chi connectivity index (χ2n) is 3.13. The molecule has 0 aliphatic heterocycles. The second kappa shape index (κ2) is 5.14. The van der Waals surface area contributed by atoms with Crippen LogP contribution in [0.15, 0.2) is 29.2 Å². The van der Waals surface area contributed by atoms with Gasteiger partial charge in [0.15, 0.2) is 9.84 Å². The number of benzene rings is 1. The smallest absolute Gasteiger partial charge is 0.178 e. The molecule has 5 heteroatoms. The van der Waals surface area contributed by atoms with Gasteiger partial charge in [-0.1, -0.05) is 6.92 Å². The number of sulfone groups is 1. The summed E-state index contributed by atoms with van der Waals surface area (Å²) in [7, 11) is -1.24. The zero-order valence-corrected chi connectivity index (χ0v) is 9.76. The van der Waals surface area contributed by atoms with Gasteiger partial charge in [-0.3, -0.25) is 0 Å². The van der Waals surface area contributed by atoms with Crippen molar-refractivity contribution < 1.29 is 8.42 Å². The van der Waals surface area contributed by atoms with Crippen LogP contribution in [-0.4, -0.2) is 27.9 Å². The SMILES string of the molecule is CCS(=O)(=O)c1ccc(NCNC)cc1. The van der Waals surface area contributed by atoms with Crippen molar-refractivity contribution in [2.24, 2.45) is 0 Å². The van der Waals surface area contributed by atoms with E-state index in [0.29, 0.717) is 11.6 Å². The van der Waals surface area contributed by atoms with Crippen molar-refractivity contribution in [1.29, 1.82) is 0 Å². The first-order chi connectivity index (χ1) is 7.10. The van der Waals surface area contributed by atoms with Gasteiger partial charge in [0.05, 0.1) is 17.3 Å². The highest BCUT2D eigenvalue weighted by Crippen LogP contribution is 2.14. The zero-order chi connectivity index (χ0) is 11.3. The third-order valence-corrected chi connectivity index (χ3v) is 3.81. The molecule has 2 N–H and O–H groups in total. The highest BCUT2D eigenvalue weighted by molar-refractivity contribution is 7.91. The Kier molecular flexibility index (Phi) is 4.11. The van der Waals surface area contributed by atoms with E-state index >= 15 is 0 Å². The van der Waals surface area contributed by atoms with Crippen LogP contribution in [0.25, 0.3) is 0 Å². The maximum absolute atomic E-state index is 11.5. The summed E-state index contributed by atoms with van der Waals surface area (Å²) < 4.78 is 23.0. The molecule has 0 saturated carbocycles. The maximum Gasteiger partial charge on any atom is 0.178 e. The van der Waals surface area contributed by atoms with Gasteiger partial charge in [0.2, 0.25) is 0 Å². The van der Waals surface area contributed by atoms with Crippen LogP contribution in [0.3, 0.4) is 0 Å². The molecule has 0 unspecified atom stereocenters. The van der Waals surface area contributed by atoms with Crippen LogP contribution in [0.4, 0.5) is 5.69 Å². The van der Waals surface area contributed by atoms with E-state index in [1.165, 1.54) is 0 Å². The number of hydrogen-bond acceptors (Lipinski definition) is 4. The molecule has 0 aromatic heterocycles. The summed E-state index contributed by atoms with van der Waals surface area (Å²) in [5, 5.41) is 6.03. The van der Waals surface area contributed by atoms with E-state index in [-0.39, 0.29) is 5.75 Å². The highest BCUT2D eigenvalue weighted by Gasteiger charge is 2.10. The third-order valence-electron chi connectivity index (χ3n) is 2.06. The van der Waals surface area contributed by atoms with Gasteiger partial charge in [-0.15, -0.1) is 0 Å². The minimum Gasteiger partial charge on any atom is -0.372 e. The van der Waals surface area contributed by atoms with E-state index in [1.807, 2.05) is 7.05 Å². The van der Waals surface area contributed by atoms with E-state index in [1.54, 1.807) is 31.2 Å². The molecule has 0 fully saturated rings. The van der Waals surface area contributed by atoms with Crippen LogP contribution in [0.2, 0.25) is 0 Å². The summed E-state index contributed by atoms with van der Waals surface area (Å²) >= 11 is 0. The van der Waals surface area contributed by atoms with E-state index in [9.17, 15) is 8.42 Å². The summed E-state index contributed by atoms with van der Waals surface area (Å²) in [6.45, 7) is 2.29. The normalized spacial score (nSPS) is 11.3. The van der Waals surface area contributed by atoms with Crippen molar-refractivity contribution in [2.75, 3.05) is 24.8 Å². The molecule has 15 heavy (non-hydrogen) atoms. The maximum atomic E-state index is 11.5. The van der Waals surface area contributed by atoms with E-state index in [2.05, 4.69) is 10.6 Å². The fraction of sp³-hybridized carbons (Fsp3) is 0.400. The molecule has 0 bridgehead atoms. The standard InChI is InChI=1S/C10H16N2O2S/c1-3-15(13,14)10-6-4-9(5-7-10)12-8-11-2/h4-7,11-12H,3,8H2,1-2H3. The van der Waals surface area contributed by atoms with Crippen molar-refractivity contribution in [1.82, 2.24) is 5.32 Å². The molecule has 0 saturated heterocycles. The Balaban J connectivity index is 2.81. The van der Waals surface area contributed by atoms with Crippen molar-refractivity contribution in [3.8, 4) is 0 Å². The minimum absolute atomic E-state index is 0.135. The van der Waals surface area contributed by atoms with E-state index in [0.717, 1.165) is 5.69 Å². The van der Waals surface area contributed by atoms with Crippen molar-refractivity contribution in [3.05, 3.63) is 24.3 Å². The lowest BCUT2D eigenvalue weighted by atomic mass is 10.3. The molecule has 4 nitrogen and oxygen atoms in total. The minimum atomic E-state index is -3.08. The van der Waals surface area contributed by atoms with Gasteiger partial charge >= 0.3 is 0 Å². The molecule has 0 spiro atoms. The van der Waals surface area contributed by atoms with Crippen LogP contribution in [0.1, 0.15) is 6.92 Å². The summed E-state index contributed by atoms with van der Waals surface area (Å²) in [4.78, 5) is 0.375. The summed E-state index contributed by atoms with van der Waals surface area (Å²) in [5.41, 5.74) is 0.902. The van der Waals surface area contributed by atoms with Gasteiger partial charge in [-0.2, -0.15) is 0 Å². The van der Waals surface area contributed by atoms with E-state index < -0.39 is 9.84 Å². The van der Waals surface area contributed by atoms with Gasteiger partial charge in [-0.25, -0.2) is 8.42 Å². The molecule has 1 aromatic carbocycles. The molecular weight excluding hydrogens is 212 g/mol. The molecule has 1 rings (SSSR count). The monoisotopic (exact) mass is 228 g/mol. The number of nitrogens with one attached hydrogen (secondary N) is 2. The predicted molar refractivity (Wildman–Crippen MR) is 61.7 cm³/mol. The first-order valence-corrected chi connectivity index (χ1v) is 6.46. The zero-order valence-electron chi connectivity index (χ0n) is 8.95. The summed E-state index contributed by atoms with van der Waals surface area (Å²) in [6, 6.07) is 6.77.